The summed E-state index contributed by atoms with van der Waals surface area (Å²) in [5, 5.41) is 20.3. The molecule has 1 aromatic carbocycles. The number of aliphatic hydroxyl groups excluding tert-OH is 1. The minimum Gasteiger partial charge on any atom is -0.387 e. The largest absolute Gasteiger partial charge is 0.387 e. The van der Waals surface area contributed by atoms with E-state index in [9.17, 15) is 10.4 Å². The number of aliphatic hydroxyl groups is 1. The number of nitrogens with zero attached hydrogens (tertiary/aromatic N) is 1. The summed E-state index contributed by atoms with van der Waals surface area (Å²) in [4.78, 5) is 0. The van der Waals surface area contributed by atoms with Crippen molar-refractivity contribution >= 4 is 15.9 Å². The van der Waals surface area contributed by atoms with Crippen molar-refractivity contribution in [3.05, 3.63) is 34.3 Å². The van der Waals surface area contributed by atoms with Crippen LogP contribution in [0.5, 0.6) is 0 Å². The summed E-state index contributed by atoms with van der Waals surface area (Å²) in [7, 11) is 0. The predicted octanol–water partition coefficient (Wildman–Crippen LogP) is 4.84. The van der Waals surface area contributed by atoms with Crippen molar-refractivity contribution in [2.75, 3.05) is 0 Å². The SMILES string of the molecule is CC(C)C1CCC(C#N)(C(O)c2ccc(Br)cc2)CC1. The van der Waals surface area contributed by atoms with Gasteiger partial charge in [0.05, 0.1) is 17.6 Å². The summed E-state index contributed by atoms with van der Waals surface area (Å²) >= 11 is 3.40. The highest BCUT2D eigenvalue weighted by Crippen LogP contribution is 2.48. The average Bonchev–Trinajstić information content (AvgIpc) is 2.47. The Kier molecular flexibility index (Phi) is 4.88. The highest BCUT2D eigenvalue weighted by molar-refractivity contribution is 9.10. The highest BCUT2D eigenvalue weighted by Gasteiger charge is 2.42. The third-order valence-electron chi connectivity index (χ3n) is 4.80. The molecule has 20 heavy (non-hydrogen) atoms. The number of nitriles is 1. The summed E-state index contributed by atoms with van der Waals surface area (Å²) in [6.45, 7) is 4.49. The van der Waals surface area contributed by atoms with Crippen molar-refractivity contribution in [1.82, 2.24) is 0 Å². The van der Waals surface area contributed by atoms with E-state index in [1.165, 1.54) is 0 Å². The number of hydrogen-bond donors (Lipinski definition) is 1. The minimum absolute atomic E-state index is 0.612. The van der Waals surface area contributed by atoms with Crippen LogP contribution in [0, 0.1) is 28.6 Å². The van der Waals surface area contributed by atoms with Gasteiger partial charge in [-0.25, -0.2) is 0 Å². The first-order chi connectivity index (χ1) is 9.48. The molecular weight excluding hydrogens is 314 g/mol. The molecule has 2 rings (SSSR count). The fourth-order valence-electron chi connectivity index (χ4n) is 3.23. The average molecular weight is 336 g/mol. The fourth-order valence-corrected chi connectivity index (χ4v) is 3.50. The molecule has 1 atom stereocenters. The molecule has 0 spiro atoms. The van der Waals surface area contributed by atoms with Gasteiger partial charge < -0.3 is 5.11 Å². The summed E-state index contributed by atoms with van der Waals surface area (Å²) in [6.07, 6.45) is 2.99. The third-order valence-corrected chi connectivity index (χ3v) is 5.33. The van der Waals surface area contributed by atoms with E-state index in [2.05, 4.69) is 35.8 Å². The molecular formula is C17H22BrNO. The Morgan fingerprint density at radius 3 is 2.25 bits per heavy atom. The molecule has 0 aliphatic heterocycles. The van der Waals surface area contributed by atoms with Gasteiger partial charge in [-0.3, -0.25) is 0 Å². The minimum atomic E-state index is -0.686. The van der Waals surface area contributed by atoms with E-state index >= 15 is 0 Å². The van der Waals surface area contributed by atoms with Gasteiger partial charge >= 0.3 is 0 Å². The van der Waals surface area contributed by atoms with Crippen LogP contribution in [0.25, 0.3) is 0 Å². The normalized spacial score (nSPS) is 28.1. The quantitative estimate of drug-likeness (QED) is 0.858. The van der Waals surface area contributed by atoms with Crippen LogP contribution < -0.4 is 0 Å². The molecule has 1 fully saturated rings. The number of rotatable bonds is 3. The van der Waals surface area contributed by atoms with Crippen LogP contribution in [-0.4, -0.2) is 5.11 Å². The first kappa shape index (κ1) is 15.5. The molecule has 1 saturated carbocycles. The molecule has 1 unspecified atom stereocenters. The molecule has 0 heterocycles. The van der Waals surface area contributed by atoms with Crippen molar-refractivity contribution in [1.29, 1.82) is 5.26 Å². The topological polar surface area (TPSA) is 44.0 Å². The van der Waals surface area contributed by atoms with Gasteiger partial charge in [-0.1, -0.05) is 41.9 Å². The van der Waals surface area contributed by atoms with E-state index in [1.54, 1.807) is 0 Å². The Bertz CT molecular complexity index is 481. The molecule has 0 saturated heterocycles. The summed E-state index contributed by atoms with van der Waals surface area (Å²) in [5.41, 5.74) is 0.233. The monoisotopic (exact) mass is 335 g/mol. The van der Waals surface area contributed by atoms with Gasteiger partial charge in [0.2, 0.25) is 0 Å². The van der Waals surface area contributed by atoms with E-state index in [0.29, 0.717) is 11.8 Å². The van der Waals surface area contributed by atoms with Crippen LogP contribution in [0.3, 0.4) is 0 Å². The number of benzene rings is 1. The van der Waals surface area contributed by atoms with Gasteiger partial charge in [0.25, 0.3) is 0 Å². The maximum atomic E-state index is 10.7. The molecule has 1 aliphatic rings. The van der Waals surface area contributed by atoms with Crippen molar-refractivity contribution in [3.8, 4) is 6.07 Å². The Balaban J connectivity index is 2.16. The lowest BCUT2D eigenvalue weighted by molar-refractivity contribution is 0.0190. The summed E-state index contributed by atoms with van der Waals surface area (Å²) < 4.78 is 0.989. The first-order valence-corrected chi connectivity index (χ1v) is 8.12. The number of halogens is 1. The molecule has 1 N–H and O–H groups in total. The van der Waals surface area contributed by atoms with Gasteiger partial charge in [0.1, 0.15) is 0 Å². The zero-order valence-electron chi connectivity index (χ0n) is 12.1. The second-order valence-corrected chi connectivity index (χ2v) is 7.22. The Hall–Kier alpha value is -0.850. The van der Waals surface area contributed by atoms with Gasteiger partial charge in [-0.05, 0) is 55.2 Å². The third kappa shape index (κ3) is 3.07. The standard InChI is InChI=1S/C17H22BrNO/c1-12(2)13-7-9-17(11-19,10-8-13)16(20)14-3-5-15(18)6-4-14/h3-6,12-13,16,20H,7-10H2,1-2H3. The molecule has 3 heteroatoms. The van der Waals surface area contributed by atoms with Gasteiger partial charge in [-0.2, -0.15) is 5.26 Å². The van der Waals surface area contributed by atoms with Crippen LogP contribution in [0.1, 0.15) is 51.2 Å². The first-order valence-electron chi connectivity index (χ1n) is 7.33. The smallest absolute Gasteiger partial charge is 0.0976 e. The fraction of sp³-hybridized carbons (Fsp3) is 0.588. The highest BCUT2D eigenvalue weighted by atomic mass is 79.9. The Morgan fingerprint density at radius 2 is 1.80 bits per heavy atom. The summed E-state index contributed by atoms with van der Waals surface area (Å²) in [6, 6.07) is 10.1. The molecule has 0 radical (unpaired) electrons. The zero-order chi connectivity index (χ0) is 14.8. The second kappa shape index (κ2) is 6.28. The number of hydrogen-bond acceptors (Lipinski definition) is 2. The van der Waals surface area contributed by atoms with Crippen LogP contribution in [0.4, 0.5) is 0 Å². The van der Waals surface area contributed by atoms with Crippen molar-refractivity contribution in [2.24, 2.45) is 17.3 Å². The molecule has 0 aromatic heterocycles. The van der Waals surface area contributed by atoms with E-state index in [-0.39, 0.29) is 0 Å². The van der Waals surface area contributed by atoms with Crippen molar-refractivity contribution < 1.29 is 5.11 Å². The van der Waals surface area contributed by atoms with Crippen LogP contribution >= 0.6 is 15.9 Å². The maximum Gasteiger partial charge on any atom is 0.0976 e. The van der Waals surface area contributed by atoms with E-state index < -0.39 is 11.5 Å². The molecule has 2 nitrogen and oxygen atoms in total. The lowest BCUT2D eigenvalue weighted by Gasteiger charge is -2.39. The van der Waals surface area contributed by atoms with Gasteiger partial charge in [-0.15, -0.1) is 0 Å². The van der Waals surface area contributed by atoms with Gasteiger partial charge in [0, 0.05) is 4.47 Å². The lowest BCUT2D eigenvalue weighted by Crippen LogP contribution is -2.33. The maximum absolute atomic E-state index is 10.7. The zero-order valence-corrected chi connectivity index (χ0v) is 13.7. The second-order valence-electron chi connectivity index (χ2n) is 6.30. The molecule has 108 valence electrons. The van der Waals surface area contributed by atoms with Crippen molar-refractivity contribution in [2.45, 2.75) is 45.6 Å². The van der Waals surface area contributed by atoms with E-state index in [0.717, 1.165) is 35.7 Å². The van der Waals surface area contributed by atoms with E-state index in [1.807, 2.05) is 24.3 Å². The lowest BCUT2D eigenvalue weighted by atomic mass is 9.65. The summed E-state index contributed by atoms with van der Waals surface area (Å²) in [5.74, 6) is 1.35. The Labute approximate surface area is 129 Å². The Morgan fingerprint density at radius 1 is 1.25 bits per heavy atom. The van der Waals surface area contributed by atoms with Crippen LogP contribution in [-0.2, 0) is 0 Å². The van der Waals surface area contributed by atoms with Crippen LogP contribution in [0.2, 0.25) is 0 Å². The van der Waals surface area contributed by atoms with E-state index in [4.69, 9.17) is 0 Å². The van der Waals surface area contributed by atoms with Gasteiger partial charge in [0.15, 0.2) is 0 Å². The predicted molar refractivity (Wildman–Crippen MR) is 83.9 cm³/mol. The molecule has 0 bridgehead atoms. The molecule has 0 amide bonds. The van der Waals surface area contributed by atoms with Crippen molar-refractivity contribution in [3.63, 3.8) is 0 Å². The molecule has 1 aliphatic carbocycles. The molecule has 1 aromatic rings. The van der Waals surface area contributed by atoms with Crippen LogP contribution in [0.15, 0.2) is 28.7 Å².